The van der Waals surface area contributed by atoms with E-state index in [-0.39, 0.29) is 6.10 Å². The number of para-hydroxylation sites is 1. The van der Waals surface area contributed by atoms with Gasteiger partial charge in [0.05, 0.1) is 12.6 Å². The molecule has 1 saturated heterocycles. The molecular formula is C26H33N3O. The monoisotopic (exact) mass is 403 g/mol. The second-order valence-electron chi connectivity index (χ2n) is 8.98. The number of aromatic nitrogens is 1. The lowest BCUT2D eigenvalue weighted by molar-refractivity contribution is 0.0624. The van der Waals surface area contributed by atoms with E-state index in [2.05, 4.69) is 69.0 Å². The minimum atomic E-state index is -0.326. The summed E-state index contributed by atoms with van der Waals surface area (Å²) < 4.78 is 2.42. The molecule has 1 aliphatic heterocycles. The van der Waals surface area contributed by atoms with E-state index in [1.807, 2.05) is 0 Å². The van der Waals surface area contributed by atoms with Crippen molar-refractivity contribution in [1.29, 1.82) is 0 Å². The van der Waals surface area contributed by atoms with Gasteiger partial charge in [0.2, 0.25) is 0 Å². The van der Waals surface area contributed by atoms with Crippen LogP contribution < -0.4 is 0 Å². The molecule has 0 bridgehead atoms. The lowest BCUT2D eigenvalue weighted by Crippen LogP contribution is -2.48. The Morgan fingerprint density at radius 1 is 0.767 bits per heavy atom. The topological polar surface area (TPSA) is 31.6 Å². The molecule has 30 heavy (non-hydrogen) atoms. The lowest BCUT2D eigenvalue weighted by atomic mass is 9.95. The SMILES string of the molecule is OC(CN1CCN(Cc2ccccc2)CC1)Cn1c2c(c3ccccc31)CCCC2. The molecule has 2 aliphatic rings. The van der Waals surface area contributed by atoms with E-state index < -0.39 is 0 Å². The smallest absolute Gasteiger partial charge is 0.0845 e. The molecule has 1 fully saturated rings. The number of aliphatic hydroxyl groups is 1. The van der Waals surface area contributed by atoms with Gasteiger partial charge in [-0.05, 0) is 42.9 Å². The van der Waals surface area contributed by atoms with Crippen LogP contribution in [0.5, 0.6) is 0 Å². The number of rotatable bonds is 6. The molecule has 1 aromatic heterocycles. The highest BCUT2D eigenvalue weighted by Gasteiger charge is 2.23. The summed E-state index contributed by atoms with van der Waals surface area (Å²) in [6.07, 6.45) is 4.56. The molecule has 0 radical (unpaired) electrons. The van der Waals surface area contributed by atoms with Crippen LogP contribution in [0, 0.1) is 0 Å². The molecule has 5 rings (SSSR count). The van der Waals surface area contributed by atoms with Gasteiger partial charge in [-0.25, -0.2) is 0 Å². The Labute approximate surface area is 179 Å². The first-order chi connectivity index (χ1) is 14.8. The predicted molar refractivity (Wildman–Crippen MR) is 123 cm³/mol. The Hall–Kier alpha value is -2.14. The van der Waals surface area contributed by atoms with Crippen LogP contribution >= 0.6 is 0 Å². The third-order valence-electron chi connectivity index (χ3n) is 6.86. The first-order valence-corrected chi connectivity index (χ1v) is 11.5. The van der Waals surface area contributed by atoms with Crippen molar-refractivity contribution in [2.45, 2.75) is 44.9 Å². The van der Waals surface area contributed by atoms with Crippen LogP contribution in [0.15, 0.2) is 54.6 Å². The van der Waals surface area contributed by atoms with Gasteiger partial charge in [-0.15, -0.1) is 0 Å². The van der Waals surface area contributed by atoms with E-state index in [0.717, 1.165) is 45.7 Å². The van der Waals surface area contributed by atoms with Crippen molar-refractivity contribution in [2.75, 3.05) is 32.7 Å². The molecule has 158 valence electrons. The number of hydrogen-bond acceptors (Lipinski definition) is 3. The van der Waals surface area contributed by atoms with Gasteiger partial charge in [0.1, 0.15) is 0 Å². The molecule has 0 amide bonds. The molecule has 4 nitrogen and oxygen atoms in total. The summed E-state index contributed by atoms with van der Waals surface area (Å²) in [6.45, 7) is 6.72. The third-order valence-corrected chi connectivity index (χ3v) is 6.86. The summed E-state index contributed by atoms with van der Waals surface area (Å²) in [5.41, 5.74) is 5.68. The highest BCUT2D eigenvalue weighted by Crippen LogP contribution is 2.32. The van der Waals surface area contributed by atoms with Crippen LogP contribution in [-0.4, -0.2) is 58.3 Å². The van der Waals surface area contributed by atoms with Crippen LogP contribution in [0.2, 0.25) is 0 Å². The van der Waals surface area contributed by atoms with Crippen LogP contribution in [0.3, 0.4) is 0 Å². The van der Waals surface area contributed by atoms with Crippen LogP contribution in [0.1, 0.15) is 29.7 Å². The van der Waals surface area contributed by atoms with Crippen molar-refractivity contribution >= 4 is 10.9 Å². The minimum Gasteiger partial charge on any atom is -0.390 e. The molecule has 0 spiro atoms. The third kappa shape index (κ3) is 4.18. The molecule has 3 aromatic rings. The van der Waals surface area contributed by atoms with Gasteiger partial charge in [0.15, 0.2) is 0 Å². The van der Waals surface area contributed by atoms with E-state index in [0.29, 0.717) is 6.54 Å². The second kappa shape index (κ2) is 8.93. The van der Waals surface area contributed by atoms with Gasteiger partial charge in [-0.1, -0.05) is 48.5 Å². The maximum atomic E-state index is 11.0. The molecule has 0 saturated carbocycles. The molecule has 1 aliphatic carbocycles. The Bertz CT molecular complexity index is 973. The van der Waals surface area contributed by atoms with Crippen molar-refractivity contribution < 1.29 is 5.11 Å². The Morgan fingerprint density at radius 2 is 1.47 bits per heavy atom. The zero-order valence-electron chi connectivity index (χ0n) is 17.8. The van der Waals surface area contributed by atoms with Gasteiger partial charge in [0, 0.05) is 55.9 Å². The molecule has 4 heteroatoms. The average Bonchev–Trinajstić information content (AvgIpc) is 3.10. The largest absolute Gasteiger partial charge is 0.390 e. The highest BCUT2D eigenvalue weighted by molar-refractivity contribution is 5.85. The molecule has 2 aromatic carbocycles. The molecule has 1 N–H and O–H groups in total. The summed E-state index contributed by atoms with van der Waals surface area (Å²) in [5, 5.41) is 12.4. The van der Waals surface area contributed by atoms with E-state index in [1.165, 1.54) is 47.0 Å². The number of piperazine rings is 1. The standard InChI is InChI=1S/C26H33N3O/c30-22(19-28-16-14-27(15-17-28)18-21-8-2-1-3-9-21)20-29-25-12-6-4-10-23(25)24-11-5-7-13-26(24)29/h1-4,6,8-10,12,22,30H,5,7,11,13-20H2. The normalized spacial score (nSPS) is 19.1. The molecule has 1 unspecified atom stereocenters. The zero-order chi connectivity index (χ0) is 20.3. The van der Waals surface area contributed by atoms with Gasteiger partial charge in [0.25, 0.3) is 0 Å². The number of hydrogen-bond donors (Lipinski definition) is 1. The highest BCUT2D eigenvalue weighted by atomic mass is 16.3. The fourth-order valence-electron chi connectivity index (χ4n) is 5.33. The van der Waals surface area contributed by atoms with E-state index in [1.54, 1.807) is 0 Å². The van der Waals surface area contributed by atoms with Gasteiger partial charge >= 0.3 is 0 Å². The number of nitrogens with zero attached hydrogens (tertiary/aromatic N) is 3. The Balaban J connectivity index is 1.20. The summed E-state index contributed by atoms with van der Waals surface area (Å²) in [4.78, 5) is 4.96. The first kappa shape index (κ1) is 19.8. The number of aliphatic hydroxyl groups excluding tert-OH is 1. The van der Waals surface area contributed by atoms with Crippen molar-refractivity contribution in [2.24, 2.45) is 0 Å². The molecule has 1 atom stereocenters. The van der Waals surface area contributed by atoms with Gasteiger partial charge in [-0.3, -0.25) is 9.80 Å². The maximum Gasteiger partial charge on any atom is 0.0845 e. The summed E-state index contributed by atoms with van der Waals surface area (Å²) in [7, 11) is 0. The zero-order valence-corrected chi connectivity index (χ0v) is 17.8. The van der Waals surface area contributed by atoms with E-state index in [9.17, 15) is 5.11 Å². The predicted octanol–water partition coefficient (Wildman–Crippen LogP) is 3.70. The van der Waals surface area contributed by atoms with Crippen molar-refractivity contribution in [3.05, 3.63) is 71.4 Å². The first-order valence-electron chi connectivity index (χ1n) is 11.5. The van der Waals surface area contributed by atoms with Crippen molar-refractivity contribution in [3.8, 4) is 0 Å². The van der Waals surface area contributed by atoms with Crippen molar-refractivity contribution in [1.82, 2.24) is 14.4 Å². The van der Waals surface area contributed by atoms with Crippen LogP contribution in [0.25, 0.3) is 10.9 Å². The van der Waals surface area contributed by atoms with Crippen LogP contribution in [-0.2, 0) is 25.9 Å². The number of aryl methyl sites for hydroxylation is 1. The van der Waals surface area contributed by atoms with Crippen molar-refractivity contribution in [3.63, 3.8) is 0 Å². The lowest BCUT2D eigenvalue weighted by Gasteiger charge is -2.35. The molecular weight excluding hydrogens is 370 g/mol. The van der Waals surface area contributed by atoms with E-state index in [4.69, 9.17) is 0 Å². The number of benzene rings is 2. The number of β-amino-alcohol motifs (C(OH)–C–C–N with tert-alkyl or cyclic N) is 1. The van der Waals surface area contributed by atoms with Crippen LogP contribution in [0.4, 0.5) is 0 Å². The number of fused-ring (bicyclic) bond motifs is 3. The summed E-state index contributed by atoms with van der Waals surface area (Å²) >= 11 is 0. The van der Waals surface area contributed by atoms with Gasteiger partial charge < -0.3 is 9.67 Å². The Morgan fingerprint density at radius 3 is 2.30 bits per heavy atom. The van der Waals surface area contributed by atoms with E-state index >= 15 is 0 Å². The second-order valence-corrected chi connectivity index (χ2v) is 8.98. The average molecular weight is 404 g/mol. The quantitative estimate of drug-likeness (QED) is 0.681. The summed E-state index contributed by atoms with van der Waals surface area (Å²) in [6, 6.07) is 19.5. The minimum absolute atomic E-state index is 0.326. The fourth-order valence-corrected chi connectivity index (χ4v) is 5.33. The molecule has 2 heterocycles. The Kier molecular flexibility index (Phi) is 5.89. The maximum absolute atomic E-state index is 11.0. The van der Waals surface area contributed by atoms with Gasteiger partial charge in [-0.2, -0.15) is 0 Å². The fraction of sp³-hybridized carbons (Fsp3) is 0.462. The summed E-state index contributed by atoms with van der Waals surface area (Å²) in [5.74, 6) is 0.